The molecule has 0 saturated heterocycles. The second kappa shape index (κ2) is 5.88. The molecule has 0 aromatic heterocycles. The van der Waals surface area contributed by atoms with E-state index in [0.29, 0.717) is 5.75 Å². The van der Waals surface area contributed by atoms with E-state index >= 15 is 0 Å². The van der Waals surface area contributed by atoms with E-state index in [1.165, 1.54) is 17.8 Å². The van der Waals surface area contributed by atoms with Gasteiger partial charge in [0.2, 0.25) is 0 Å². The first kappa shape index (κ1) is 13.8. The van der Waals surface area contributed by atoms with Crippen molar-refractivity contribution in [3.05, 3.63) is 36.4 Å². The van der Waals surface area contributed by atoms with Gasteiger partial charge in [-0.1, -0.05) is 6.08 Å². The van der Waals surface area contributed by atoms with Gasteiger partial charge < -0.3 is 5.11 Å². The van der Waals surface area contributed by atoms with E-state index < -0.39 is 15.8 Å². The predicted octanol–water partition coefficient (Wildman–Crippen LogP) is 1.82. The van der Waals surface area contributed by atoms with Crippen LogP contribution in [0.3, 0.4) is 0 Å². The van der Waals surface area contributed by atoms with Crippen molar-refractivity contribution in [1.29, 1.82) is 0 Å². The Balaban J connectivity index is 2.61. The molecule has 0 fully saturated rings. The summed E-state index contributed by atoms with van der Waals surface area (Å²) in [4.78, 5) is 11.4. The molecule has 0 saturated carbocycles. The van der Waals surface area contributed by atoms with E-state index in [0.717, 1.165) is 17.2 Å². The smallest absolute Gasteiger partial charge is 0.328 e. The van der Waals surface area contributed by atoms with E-state index in [-0.39, 0.29) is 4.90 Å². The van der Waals surface area contributed by atoms with Crippen LogP contribution in [-0.4, -0.2) is 31.5 Å². The number of carboxylic acid groups (broad SMARTS) is 1. The van der Waals surface area contributed by atoms with Crippen molar-refractivity contribution >= 4 is 27.6 Å². The fourth-order valence-corrected chi connectivity index (χ4v) is 2.42. The molecule has 92 valence electrons. The molecule has 4 nitrogen and oxygen atoms in total. The highest BCUT2D eigenvalue weighted by atomic mass is 32.2. The lowest BCUT2D eigenvalue weighted by Gasteiger charge is -2.00. The molecule has 6 heteroatoms. The number of aliphatic carboxylic acids is 1. The van der Waals surface area contributed by atoms with Crippen LogP contribution in [0.15, 0.2) is 46.2 Å². The molecule has 0 atom stereocenters. The van der Waals surface area contributed by atoms with E-state index in [1.54, 1.807) is 24.3 Å². The second-order valence-corrected chi connectivity index (χ2v) is 6.40. The predicted molar refractivity (Wildman–Crippen MR) is 67.1 cm³/mol. The number of hydrogen-bond acceptors (Lipinski definition) is 4. The van der Waals surface area contributed by atoms with Crippen LogP contribution in [-0.2, 0) is 14.6 Å². The van der Waals surface area contributed by atoms with Gasteiger partial charge in [-0.05, 0) is 24.3 Å². The highest BCUT2D eigenvalue weighted by molar-refractivity contribution is 7.99. The van der Waals surface area contributed by atoms with Gasteiger partial charge in [0.05, 0.1) is 4.90 Å². The lowest BCUT2D eigenvalue weighted by molar-refractivity contribution is -0.131. The van der Waals surface area contributed by atoms with Crippen molar-refractivity contribution in [3.8, 4) is 0 Å². The largest absolute Gasteiger partial charge is 0.478 e. The normalized spacial score (nSPS) is 11.8. The average molecular weight is 272 g/mol. The summed E-state index contributed by atoms with van der Waals surface area (Å²) in [5.41, 5.74) is 0. The number of hydrogen-bond donors (Lipinski definition) is 1. The minimum absolute atomic E-state index is 0.280. The maximum atomic E-state index is 11.2. The van der Waals surface area contributed by atoms with Gasteiger partial charge in [-0.25, -0.2) is 13.2 Å². The molecule has 0 spiro atoms. The molecule has 1 aromatic rings. The Morgan fingerprint density at radius 2 is 1.94 bits per heavy atom. The zero-order chi connectivity index (χ0) is 12.9. The van der Waals surface area contributed by atoms with Gasteiger partial charge in [-0.3, -0.25) is 0 Å². The van der Waals surface area contributed by atoms with Crippen LogP contribution in [0.2, 0.25) is 0 Å². The van der Waals surface area contributed by atoms with Gasteiger partial charge in [0.15, 0.2) is 9.84 Å². The zero-order valence-corrected chi connectivity index (χ0v) is 10.8. The van der Waals surface area contributed by atoms with Crippen LogP contribution < -0.4 is 0 Å². The van der Waals surface area contributed by atoms with Crippen molar-refractivity contribution in [1.82, 2.24) is 0 Å². The number of carbonyl (C=O) groups is 1. The third-order valence-electron chi connectivity index (χ3n) is 1.86. The zero-order valence-electron chi connectivity index (χ0n) is 9.16. The van der Waals surface area contributed by atoms with E-state index in [4.69, 9.17) is 5.11 Å². The first-order valence-electron chi connectivity index (χ1n) is 4.72. The van der Waals surface area contributed by atoms with Crippen LogP contribution in [0.1, 0.15) is 0 Å². The van der Waals surface area contributed by atoms with Gasteiger partial charge in [0.25, 0.3) is 0 Å². The second-order valence-electron chi connectivity index (χ2n) is 3.30. The summed E-state index contributed by atoms with van der Waals surface area (Å²) < 4.78 is 22.4. The van der Waals surface area contributed by atoms with Crippen molar-refractivity contribution in [2.24, 2.45) is 0 Å². The minimum atomic E-state index is -3.16. The van der Waals surface area contributed by atoms with E-state index in [2.05, 4.69) is 0 Å². The van der Waals surface area contributed by atoms with Crippen LogP contribution in [0.25, 0.3) is 0 Å². The molecular weight excluding hydrogens is 260 g/mol. The highest BCUT2D eigenvalue weighted by Crippen LogP contribution is 2.20. The van der Waals surface area contributed by atoms with Gasteiger partial charge in [0.1, 0.15) is 0 Å². The summed E-state index contributed by atoms with van der Waals surface area (Å²) in [5.74, 6) is -0.442. The third kappa shape index (κ3) is 5.06. The summed E-state index contributed by atoms with van der Waals surface area (Å²) in [6.07, 6.45) is 3.78. The standard InChI is InChI=1S/C11H12O4S2/c1-17(14,15)10-6-4-9(5-7-10)16-8-2-3-11(12)13/h2-7H,8H2,1H3,(H,12,13). The molecule has 0 amide bonds. The van der Waals surface area contributed by atoms with Crippen molar-refractivity contribution in [3.63, 3.8) is 0 Å². The molecule has 0 radical (unpaired) electrons. The molecular formula is C11H12O4S2. The summed E-state index contributed by atoms with van der Waals surface area (Å²) in [5, 5.41) is 8.37. The monoisotopic (exact) mass is 272 g/mol. The molecule has 0 heterocycles. The molecule has 0 bridgehead atoms. The van der Waals surface area contributed by atoms with Gasteiger partial charge >= 0.3 is 5.97 Å². The molecule has 0 aliphatic carbocycles. The Morgan fingerprint density at radius 1 is 1.35 bits per heavy atom. The Kier molecular flexibility index (Phi) is 4.77. The number of carboxylic acids is 1. The van der Waals surface area contributed by atoms with Crippen molar-refractivity contribution < 1.29 is 18.3 Å². The topological polar surface area (TPSA) is 71.4 Å². The lowest BCUT2D eigenvalue weighted by Crippen LogP contribution is -1.95. The van der Waals surface area contributed by atoms with Gasteiger partial charge in [0, 0.05) is 23.0 Å². The molecule has 1 N–H and O–H groups in total. The maximum absolute atomic E-state index is 11.2. The van der Waals surface area contributed by atoms with Crippen LogP contribution in [0, 0.1) is 0 Å². The average Bonchev–Trinajstić information content (AvgIpc) is 2.23. The van der Waals surface area contributed by atoms with Crippen LogP contribution in [0.5, 0.6) is 0 Å². The van der Waals surface area contributed by atoms with Gasteiger partial charge in [-0.2, -0.15) is 0 Å². The summed E-state index contributed by atoms with van der Waals surface area (Å²) >= 11 is 1.44. The SMILES string of the molecule is CS(=O)(=O)c1ccc(SCC=CC(=O)O)cc1. The molecule has 17 heavy (non-hydrogen) atoms. The number of benzene rings is 1. The first-order valence-corrected chi connectivity index (χ1v) is 7.59. The van der Waals surface area contributed by atoms with E-state index in [9.17, 15) is 13.2 Å². The number of rotatable bonds is 5. The number of thioether (sulfide) groups is 1. The Hall–Kier alpha value is -1.27. The Morgan fingerprint density at radius 3 is 2.41 bits per heavy atom. The van der Waals surface area contributed by atoms with E-state index in [1.807, 2.05) is 0 Å². The highest BCUT2D eigenvalue weighted by Gasteiger charge is 2.05. The van der Waals surface area contributed by atoms with Crippen LogP contribution >= 0.6 is 11.8 Å². The molecule has 1 aromatic carbocycles. The first-order chi connectivity index (χ1) is 7.89. The summed E-state index contributed by atoms with van der Waals surface area (Å²) in [6.45, 7) is 0. The van der Waals surface area contributed by atoms with Crippen LogP contribution in [0.4, 0.5) is 0 Å². The minimum Gasteiger partial charge on any atom is -0.478 e. The van der Waals surface area contributed by atoms with Gasteiger partial charge in [-0.15, -0.1) is 11.8 Å². The lowest BCUT2D eigenvalue weighted by atomic mass is 10.4. The maximum Gasteiger partial charge on any atom is 0.328 e. The summed E-state index contributed by atoms with van der Waals surface area (Å²) in [7, 11) is -3.16. The molecule has 1 rings (SSSR count). The molecule has 0 unspecified atom stereocenters. The Labute approximate surface area is 104 Å². The van der Waals surface area contributed by atoms with Crippen molar-refractivity contribution in [2.45, 2.75) is 9.79 Å². The Bertz CT molecular complexity index is 515. The fraction of sp³-hybridized carbons (Fsp3) is 0.182. The number of sulfone groups is 1. The fourth-order valence-electron chi connectivity index (χ4n) is 1.08. The third-order valence-corrected chi connectivity index (χ3v) is 3.95. The molecule has 0 aliphatic rings. The van der Waals surface area contributed by atoms with Crippen molar-refractivity contribution in [2.75, 3.05) is 12.0 Å². The summed E-state index contributed by atoms with van der Waals surface area (Å²) in [6, 6.07) is 6.49. The molecule has 0 aliphatic heterocycles. The quantitative estimate of drug-likeness (QED) is 0.654.